The average molecular weight is 358 g/mol. The summed E-state index contributed by atoms with van der Waals surface area (Å²) >= 11 is 0. The molecule has 0 saturated heterocycles. The molecule has 0 radical (unpaired) electrons. The second-order valence-electron chi connectivity index (χ2n) is 6.25. The lowest BCUT2D eigenvalue weighted by Gasteiger charge is -2.26. The average Bonchev–Trinajstić information content (AvgIpc) is 3.04. The number of halogens is 1. The molecule has 0 saturated carbocycles. The number of carbonyl (C=O) groups excluding carboxylic acids is 1. The number of rotatable bonds is 7. The number of hydrogen-bond acceptors (Lipinski definition) is 4. The maximum absolute atomic E-state index is 12.9. The van der Waals surface area contributed by atoms with Crippen LogP contribution < -0.4 is 5.32 Å². The molecule has 138 valence electrons. The minimum atomic E-state index is -0.222. The van der Waals surface area contributed by atoms with Gasteiger partial charge in [-0.2, -0.15) is 5.10 Å². The molecule has 0 aliphatic carbocycles. The summed E-state index contributed by atoms with van der Waals surface area (Å²) < 4.78 is 19.7. The van der Waals surface area contributed by atoms with Gasteiger partial charge in [0.15, 0.2) is 0 Å². The molecular formula is C19H23FN4O2. The van der Waals surface area contributed by atoms with Crippen molar-refractivity contribution < 1.29 is 13.9 Å². The summed E-state index contributed by atoms with van der Waals surface area (Å²) in [4.78, 5) is 13.8. The fraction of sp³-hybridized carbons (Fsp3) is 0.368. The van der Waals surface area contributed by atoms with Crippen molar-refractivity contribution in [3.8, 4) is 0 Å². The van der Waals surface area contributed by atoms with E-state index in [9.17, 15) is 9.18 Å². The molecular weight excluding hydrogens is 335 g/mol. The molecule has 2 aromatic rings. The molecule has 3 rings (SSSR count). The molecule has 1 amide bonds. The molecule has 6 nitrogen and oxygen atoms in total. The Hall–Kier alpha value is -2.51. The van der Waals surface area contributed by atoms with E-state index < -0.39 is 0 Å². The zero-order chi connectivity index (χ0) is 18.4. The number of methoxy groups -OCH3 is 1. The fourth-order valence-corrected chi connectivity index (χ4v) is 2.91. The van der Waals surface area contributed by atoms with Gasteiger partial charge < -0.3 is 10.1 Å². The number of ether oxygens (including phenoxy) is 1. The minimum Gasteiger partial charge on any atom is -0.375 e. The Morgan fingerprint density at radius 2 is 2.15 bits per heavy atom. The number of benzene rings is 1. The van der Waals surface area contributed by atoms with Crippen molar-refractivity contribution in [3.05, 3.63) is 59.2 Å². The van der Waals surface area contributed by atoms with E-state index in [0.717, 1.165) is 43.1 Å². The lowest BCUT2D eigenvalue weighted by atomic mass is 10.2. The third-order valence-corrected chi connectivity index (χ3v) is 4.21. The number of nitrogens with zero attached hydrogens (tertiary/aromatic N) is 3. The third kappa shape index (κ3) is 5.00. The van der Waals surface area contributed by atoms with Gasteiger partial charge in [0.05, 0.1) is 24.5 Å². The predicted molar refractivity (Wildman–Crippen MR) is 96.7 cm³/mol. The summed E-state index contributed by atoms with van der Waals surface area (Å²) in [5.41, 5.74) is 2.98. The molecule has 1 aromatic carbocycles. The van der Waals surface area contributed by atoms with E-state index in [1.54, 1.807) is 12.1 Å². The number of hydrogen-bond donors (Lipinski definition) is 1. The maximum Gasteiger partial charge on any atom is 0.246 e. The van der Waals surface area contributed by atoms with Crippen LogP contribution in [0.5, 0.6) is 0 Å². The maximum atomic E-state index is 12.9. The van der Waals surface area contributed by atoms with Gasteiger partial charge in [-0.1, -0.05) is 24.3 Å². The lowest BCUT2D eigenvalue weighted by molar-refractivity contribution is -0.124. The summed E-state index contributed by atoms with van der Waals surface area (Å²) in [5.74, 6) is -0.369. The number of amides is 1. The van der Waals surface area contributed by atoms with Gasteiger partial charge >= 0.3 is 0 Å². The van der Waals surface area contributed by atoms with Gasteiger partial charge in [-0.05, 0) is 23.8 Å². The first-order valence-electron chi connectivity index (χ1n) is 8.60. The Morgan fingerprint density at radius 1 is 1.35 bits per heavy atom. The highest BCUT2D eigenvalue weighted by Gasteiger charge is 2.17. The molecule has 2 heterocycles. The molecule has 1 aliphatic heterocycles. The fourth-order valence-electron chi connectivity index (χ4n) is 2.91. The topological polar surface area (TPSA) is 59.4 Å². The standard InChI is InChI=1S/C19H23FN4O2/c1-26-14-19(25)21-12-17-11-18-13-23(9-10-24(18)22-17)8-2-3-15-4-6-16(20)7-5-15/h2-7,11H,8-10,12-14H2,1H3,(H,21,25)/b3-2+. The Labute approximate surface area is 152 Å². The Kier molecular flexibility index (Phi) is 6.14. The van der Waals surface area contributed by atoms with Crippen molar-refractivity contribution in [1.29, 1.82) is 0 Å². The molecule has 0 spiro atoms. The van der Waals surface area contributed by atoms with E-state index in [0.29, 0.717) is 6.54 Å². The third-order valence-electron chi connectivity index (χ3n) is 4.21. The summed E-state index contributed by atoms with van der Waals surface area (Å²) in [6.07, 6.45) is 4.09. The van der Waals surface area contributed by atoms with Crippen molar-refractivity contribution in [2.75, 3.05) is 26.8 Å². The van der Waals surface area contributed by atoms with Gasteiger partial charge in [0.1, 0.15) is 12.4 Å². The number of fused-ring (bicyclic) bond motifs is 1. The normalized spacial score (nSPS) is 14.5. The van der Waals surface area contributed by atoms with Crippen LogP contribution in [0.25, 0.3) is 6.08 Å². The van der Waals surface area contributed by atoms with Crippen LogP contribution in [0.3, 0.4) is 0 Å². The van der Waals surface area contributed by atoms with Crippen molar-refractivity contribution in [1.82, 2.24) is 20.0 Å². The van der Waals surface area contributed by atoms with Crippen LogP contribution in [0.15, 0.2) is 36.4 Å². The summed E-state index contributed by atoms with van der Waals surface area (Å²) in [6, 6.07) is 8.49. The number of carbonyl (C=O) groups is 1. The Balaban J connectivity index is 1.51. The first-order valence-corrected chi connectivity index (χ1v) is 8.60. The van der Waals surface area contributed by atoms with Crippen LogP contribution in [0, 0.1) is 5.82 Å². The van der Waals surface area contributed by atoms with Gasteiger partial charge in [0.25, 0.3) is 0 Å². The Bertz CT molecular complexity index is 770. The monoisotopic (exact) mass is 358 g/mol. The van der Waals surface area contributed by atoms with Crippen LogP contribution in [0.1, 0.15) is 17.0 Å². The van der Waals surface area contributed by atoms with Crippen LogP contribution in [-0.4, -0.2) is 47.4 Å². The zero-order valence-corrected chi connectivity index (χ0v) is 14.8. The number of aromatic nitrogens is 2. The summed E-state index contributed by atoms with van der Waals surface area (Å²) in [6.45, 7) is 3.84. The highest BCUT2D eigenvalue weighted by molar-refractivity contribution is 5.77. The van der Waals surface area contributed by atoms with E-state index >= 15 is 0 Å². The van der Waals surface area contributed by atoms with Crippen molar-refractivity contribution >= 4 is 12.0 Å². The summed E-state index contributed by atoms with van der Waals surface area (Å²) in [5, 5.41) is 7.32. The molecule has 0 atom stereocenters. The molecule has 0 fully saturated rings. The Morgan fingerprint density at radius 3 is 2.92 bits per heavy atom. The van der Waals surface area contributed by atoms with Gasteiger partial charge in [0, 0.05) is 26.7 Å². The van der Waals surface area contributed by atoms with E-state index in [1.165, 1.54) is 19.2 Å². The zero-order valence-electron chi connectivity index (χ0n) is 14.8. The predicted octanol–water partition coefficient (Wildman–Crippen LogP) is 1.81. The van der Waals surface area contributed by atoms with Gasteiger partial charge in [0.2, 0.25) is 5.91 Å². The van der Waals surface area contributed by atoms with Gasteiger partial charge in [-0.3, -0.25) is 14.4 Å². The SMILES string of the molecule is COCC(=O)NCc1cc2n(n1)CCN(C/C=C/c1ccc(F)cc1)C2. The van der Waals surface area contributed by atoms with E-state index in [2.05, 4.69) is 21.4 Å². The van der Waals surface area contributed by atoms with Crippen LogP contribution in [0.4, 0.5) is 4.39 Å². The van der Waals surface area contributed by atoms with Gasteiger partial charge in [-0.25, -0.2) is 4.39 Å². The second kappa shape index (κ2) is 8.73. The van der Waals surface area contributed by atoms with E-state index in [-0.39, 0.29) is 18.3 Å². The molecule has 26 heavy (non-hydrogen) atoms. The minimum absolute atomic E-state index is 0.0573. The molecule has 0 bridgehead atoms. The number of nitrogens with one attached hydrogen (secondary N) is 1. The second-order valence-corrected chi connectivity index (χ2v) is 6.25. The van der Waals surface area contributed by atoms with Crippen LogP contribution >= 0.6 is 0 Å². The first kappa shape index (κ1) is 18.3. The molecule has 1 aromatic heterocycles. The van der Waals surface area contributed by atoms with Crippen LogP contribution in [0.2, 0.25) is 0 Å². The first-order chi connectivity index (χ1) is 12.6. The largest absolute Gasteiger partial charge is 0.375 e. The molecule has 7 heteroatoms. The van der Waals surface area contributed by atoms with Crippen molar-refractivity contribution in [3.63, 3.8) is 0 Å². The highest BCUT2D eigenvalue weighted by atomic mass is 19.1. The molecule has 0 unspecified atom stereocenters. The molecule has 1 N–H and O–H groups in total. The van der Waals surface area contributed by atoms with Gasteiger partial charge in [-0.15, -0.1) is 0 Å². The summed E-state index contributed by atoms with van der Waals surface area (Å²) in [7, 11) is 1.49. The van der Waals surface area contributed by atoms with Crippen molar-refractivity contribution in [2.24, 2.45) is 0 Å². The smallest absolute Gasteiger partial charge is 0.246 e. The lowest BCUT2D eigenvalue weighted by Crippen LogP contribution is -2.33. The van der Waals surface area contributed by atoms with E-state index in [1.807, 2.05) is 16.8 Å². The van der Waals surface area contributed by atoms with Crippen molar-refractivity contribution in [2.45, 2.75) is 19.6 Å². The molecule has 1 aliphatic rings. The van der Waals surface area contributed by atoms with Crippen LogP contribution in [-0.2, 0) is 29.2 Å². The quantitative estimate of drug-likeness (QED) is 0.820. The van der Waals surface area contributed by atoms with E-state index in [4.69, 9.17) is 4.74 Å². The highest BCUT2D eigenvalue weighted by Crippen LogP contribution is 2.14.